The topological polar surface area (TPSA) is 99.2 Å². The molecule has 0 aliphatic carbocycles. The van der Waals surface area contributed by atoms with Crippen LogP contribution in [0.25, 0.3) is 21.9 Å². The molecule has 9 heteroatoms. The van der Waals surface area contributed by atoms with Gasteiger partial charge in [0.05, 0.1) is 16.1 Å². The zero-order valence-corrected chi connectivity index (χ0v) is 17.5. The molecule has 0 fully saturated rings. The van der Waals surface area contributed by atoms with Crippen molar-refractivity contribution in [3.8, 4) is 21.9 Å². The summed E-state index contributed by atoms with van der Waals surface area (Å²) < 4.78 is 11.9. The summed E-state index contributed by atoms with van der Waals surface area (Å²) in [4.78, 5) is 25.8. The minimum atomic E-state index is -0.377. The molecule has 3 aromatic heterocycles. The predicted molar refractivity (Wildman–Crippen MR) is 111 cm³/mol. The van der Waals surface area contributed by atoms with Crippen LogP contribution < -0.4 is 10.9 Å². The Morgan fingerprint density at radius 2 is 2.21 bits per heavy atom. The van der Waals surface area contributed by atoms with Gasteiger partial charge in [-0.3, -0.25) is 9.59 Å². The first-order valence-corrected chi connectivity index (χ1v) is 10.3. The van der Waals surface area contributed by atoms with Crippen molar-refractivity contribution in [2.75, 3.05) is 19.8 Å². The van der Waals surface area contributed by atoms with Gasteiger partial charge in [0.1, 0.15) is 12.2 Å². The van der Waals surface area contributed by atoms with Gasteiger partial charge in [-0.15, -0.1) is 11.3 Å². The normalized spacial score (nSPS) is 11.0. The van der Waals surface area contributed by atoms with Gasteiger partial charge in [0, 0.05) is 31.4 Å². The Bertz CT molecular complexity index is 1020. The van der Waals surface area contributed by atoms with Gasteiger partial charge in [0.2, 0.25) is 5.91 Å². The molecule has 3 heterocycles. The molecule has 0 aliphatic heterocycles. The molecule has 3 rings (SSSR count). The number of rotatable bonds is 9. The fourth-order valence-electron chi connectivity index (χ4n) is 2.78. The zero-order valence-electron chi connectivity index (χ0n) is 16.7. The molecule has 0 aromatic carbocycles. The molecule has 0 radical (unpaired) electrons. The molecular formula is C20H24N4O4S. The average molecular weight is 417 g/mol. The number of aryl methyl sites for hydroxylation is 1. The highest BCUT2D eigenvalue weighted by Gasteiger charge is 2.20. The van der Waals surface area contributed by atoms with Crippen LogP contribution >= 0.6 is 11.3 Å². The summed E-state index contributed by atoms with van der Waals surface area (Å²) >= 11 is 1.50. The van der Waals surface area contributed by atoms with Crippen LogP contribution in [0.3, 0.4) is 0 Å². The lowest BCUT2D eigenvalue weighted by molar-refractivity contribution is -0.121. The second-order valence-corrected chi connectivity index (χ2v) is 7.45. The number of ether oxygens (including phenoxy) is 1. The minimum absolute atomic E-state index is 0.152. The van der Waals surface area contributed by atoms with E-state index < -0.39 is 0 Å². The molecule has 3 aromatic rings. The number of carbonyl (C=O) groups is 1. The number of hydrogen-bond acceptors (Lipinski definition) is 7. The molecular weight excluding hydrogens is 392 g/mol. The number of amides is 1. The Morgan fingerprint density at radius 1 is 1.38 bits per heavy atom. The van der Waals surface area contributed by atoms with Crippen molar-refractivity contribution in [1.29, 1.82) is 0 Å². The Hall–Kier alpha value is -2.78. The Balaban J connectivity index is 1.87. The first-order chi connectivity index (χ1) is 14.0. The first kappa shape index (κ1) is 20.9. The lowest BCUT2D eigenvalue weighted by Crippen LogP contribution is -2.34. The Labute approximate surface area is 172 Å². The van der Waals surface area contributed by atoms with Crippen molar-refractivity contribution in [2.24, 2.45) is 0 Å². The van der Waals surface area contributed by atoms with Crippen LogP contribution in [0, 0.1) is 13.8 Å². The van der Waals surface area contributed by atoms with Crippen LogP contribution in [0.2, 0.25) is 0 Å². The van der Waals surface area contributed by atoms with Gasteiger partial charge >= 0.3 is 0 Å². The number of carbonyl (C=O) groups excluding carboxylic acids is 1. The summed E-state index contributed by atoms with van der Waals surface area (Å²) in [6.45, 7) is 7.23. The smallest absolute Gasteiger partial charge is 0.268 e. The van der Waals surface area contributed by atoms with Crippen LogP contribution in [-0.2, 0) is 16.1 Å². The van der Waals surface area contributed by atoms with E-state index in [2.05, 4.69) is 15.6 Å². The highest BCUT2D eigenvalue weighted by atomic mass is 32.1. The number of nitrogens with one attached hydrogen (secondary N) is 1. The Morgan fingerprint density at radius 3 is 2.86 bits per heavy atom. The first-order valence-electron chi connectivity index (χ1n) is 9.45. The molecule has 0 saturated carbocycles. The van der Waals surface area contributed by atoms with E-state index in [1.807, 2.05) is 38.3 Å². The number of hydrogen-bond donors (Lipinski definition) is 1. The number of nitrogens with zero attached hydrogens (tertiary/aromatic N) is 3. The average Bonchev–Trinajstić information content (AvgIpc) is 3.34. The van der Waals surface area contributed by atoms with Crippen LogP contribution in [0.15, 0.2) is 32.9 Å². The summed E-state index contributed by atoms with van der Waals surface area (Å²) in [5.74, 6) is 0.246. The van der Waals surface area contributed by atoms with E-state index in [1.165, 1.54) is 22.1 Å². The van der Waals surface area contributed by atoms with Gasteiger partial charge in [0.25, 0.3) is 5.56 Å². The highest BCUT2D eigenvalue weighted by molar-refractivity contribution is 7.13. The highest BCUT2D eigenvalue weighted by Crippen LogP contribution is 2.34. The van der Waals surface area contributed by atoms with Crippen LogP contribution in [0.5, 0.6) is 0 Å². The van der Waals surface area contributed by atoms with Gasteiger partial charge in [-0.05, 0) is 38.6 Å². The fourth-order valence-corrected chi connectivity index (χ4v) is 3.50. The largest absolute Gasteiger partial charge is 0.382 e. The van der Waals surface area contributed by atoms with Gasteiger partial charge in [-0.2, -0.15) is 5.10 Å². The molecule has 0 unspecified atom stereocenters. The van der Waals surface area contributed by atoms with Crippen molar-refractivity contribution in [3.05, 3.63) is 45.2 Å². The van der Waals surface area contributed by atoms with Crippen molar-refractivity contribution < 1.29 is 14.1 Å². The molecule has 29 heavy (non-hydrogen) atoms. The number of aromatic nitrogens is 3. The van der Waals surface area contributed by atoms with Crippen molar-refractivity contribution in [3.63, 3.8) is 0 Å². The van der Waals surface area contributed by atoms with E-state index in [0.717, 1.165) is 16.1 Å². The van der Waals surface area contributed by atoms with Gasteiger partial charge in [-0.1, -0.05) is 11.2 Å². The number of thiophene rings is 1. The third kappa shape index (κ3) is 4.99. The van der Waals surface area contributed by atoms with Crippen LogP contribution in [0.4, 0.5) is 0 Å². The molecule has 0 saturated heterocycles. The monoisotopic (exact) mass is 416 g/mol. The standard InChI is InChI=1S/C20H24N4O4S/c1-4-27-9-6-8-21-17(25)12-24-18(26)11-15(20-13(2)14(3)23-28-20)19(22-24)16-7-5-10-29-16/h5,7,10-11H,4,6,8-9,12H2,1-3H3,(H,21,25). The second-order valence-electron chi connectivity index (χ2n) is 6.50. The Kier molecular flexibility index (Phi) is 6.95. The van der Waals surface area contributed by atoms with E-state index in [9.17, 15) is 9.59 Å². The van der Waals surface area contributed by atoms with Gasteiger partial charge in [0.15, 0.2) is 5.76 Å². The zero-order chi connectivity index (χ0) is 20.8. The fraction of sp³-hybridized carbons (Fsp3) is 0.400. The lowest BCUT2D eigenvalue weighted by Gasteiger charge is -2.10. The molecule has 0 bridgehead atoms. The third-order valence-corrected chi connectivity index (χ3v) is 5.32. The molecule has 1 amide bonds. The SMILES string of the molecule is CCOCCCNC(=O)Cn1nc(-c2cccs2)c(-c2onc(C)c2C)cc1=O. The summed E-state index contributed by atoms with van der Waals surface area (Å²) in [5, 5.41) is 13.2. The van der Waals surface area contributed by atoms with Gasteiger partial charge in [-0.25, -0.2) is 4.68 Å². The summed E-state index contributed by atoms with van der Waals surface area (Å²) in [5.41, 5.74) is 2.40. The van der Waals surface area contributed by atoms with E-state index in [-0.39, 0.29) is 18.0 Å². The van der Waals surface area contributed by atoms with E-state index in [1.54, 1.807) is 0 Å². The maximum Gasteiger partial charge on any atom is 0.268 e. The van der Waals surface area contributed by atoms with E-state index in [4.69, 9.17) is 9.26 Å². The molecule has 154 valence electrons. The van der Waals surface area contributed by atoms with Crippen LogP contribution in [-0.4, -0.2) is 40.6 Å². The van der Waals surface area contributed by atoms with E-state index in [0.29, 0.717) is 43.2 Å². The summed E-state index contributed by atoms with van der Waals surface area (Å²) in [7, 11) is 0. The quantitative estimate of drug-likeness (QED) is 0.539. The summed E-state index contributed by atoms with van der Waals surface area (Å²) in [6.07, 6.45) is 0.714. The maximum atomic E-state index is 12.6. The predicted octanol–water partition coefficient (Wildman–Crippen LogP) is 2.79. The molecule has 0 spiro atoms. The third-order valence-electron chi connectivity index (χ3n) is 4.44. The van der Waals surface area contributed by atoms with Crippen molar-refractivity contribution in [2.45, 2.75) is 33.7 Å². The second kappa shape index (κ2) is 9.62. The van der Waals surface area contributed by atoms with Crippen molar-refractivity contribution >= 4 is 17.2 Å². The molecule has 0 atom stereocenters. The van der Waals surface area contributed by atoms with Gasteiger partial charge < -0.3 is 14.6 Å². The molecule has 8 nitrogen and oxygen atoms in total. The van der Waals surface area contributed by atoms with Crippen molar-refractivity contribution in [1.82, 2.24) is 20.3 Å². The van der Waals surface area contributed by atoms with Crippen LogP contribution in [0.1, 0.15) is 24.6 Å². The molecule has 1 N–H and O–H groups in total. The molecule has 0 aliphatic rings. The minimum Gasteiger partial charge on any atom is -0.382 e. The van der Waals surface area contributed by atoms with E-state index >= 15 is 0 Å². The summed E-state index contributed by atoms with van der Waals surface area (Å²) in [6, 6.07) is 5.28. The maximum absolute atomic E-state index is 12.6. The lowest BCUT2D eigenvalue weighted by atomic mass is 10.1.